The molecular weight excluding hydrogens is 574 g/mol. The fourth-order valence-electron chi connectivity index (χ4n) is 5.44. The van der Waals surface area contributed by atoms with Gasteiger partial charge in [0.1, 0.15) is 11.8 Å². The van der Waals surface area contributed by atoms with Gasteiger partial charge in [0.15, 0.2) is 0 Å². The summed E-state index contributed by atoms with van der Waals surface area (Å²) in [5.74, 6) is 0.317. The number of aryl methyl sites for hydroxylation is 1. The predicted octanol–water partition coefficient (Wildman–Crippen LogP) is 5.70. The van der Waals surface area contributed by atoms with Crippen LogP contribution in [-0.4, -0.2) is 45.3 Å². The lowest BCUT2D eigenvalue weighted by Gasteiger charge is -2.32. The zero-order valence-corrected chi connectivity index (χ0v) is 26.4. The lowest BCUT2D eigenvalue weighted by atomic mass is 9.97. The van der Waals surface area contributed by atoms with E-state index < -0.39 is 16.1 Å². The Balaban J connectivity index is 1.56. The zero-order valence-electron chi connectivity index (χ0n) is 25.6. The Bertz CT molecular complexity index is 1500. The van der Waals surface area contributed by atoms with Crippen LogP contribution in [0.5, 0.6) is 5.75 Å². The van der Waals surface area contributed by atoms with Crippen LogP contribution in [0.3, 0.4) is 0 Å². The second-order valence-electron chi connectivity index (χ2n) is 11.0. The summed E-state index contributed by atoms with van der Waals surface area (Å²) in [6.07, 6.45) is 8.20. The number of carbonyl (C=O) groups excluding carboxylic acids is 2. The van der Waals surface area contributed by atoms with Gasteiger partial charge in [-0.2, -0.15) is 0 Å². The van der Waals surface area contributed by atoms with Gasteiger partial charge in [-0.25, -0.2) is 13.1 Å². The summed E-state index contributed by atoms with van der Waals surface area (Å²) < 4.78 is 32.5. The van der Waals surface area contributed by atoms with Gasteiger partial charge in [-0.15, -0.1) is 0 Å². The summed E-state index contributed by atoms with van der Waals surface area (Å²) in [4.78, 5) is 29.7. The summed E-state index contributed by atoms with van der Waals surface area (Å²) >= 11 is 0. The van der Waals surface area contributed by atoms with Gasteiger partial charge in [0.25, 0.3) is 0 Å². The number of nitrogens with zero attached hydrogens (tertiary/aromatic N) is 1. The van der Waals surface area contributed by atoms with Gasteiger partial charge in [-0.1, -0.05) is 73.2 Å². The van der Waals surface area contributed by atoms with E-state index >= 15 is 0 Å². The lowest BCUT2D eigenvalue weighted by molar-refractivity contribution is -0.141. The SMILES string of the molecule is CCNS(=O)(=O)c1ccc(CCC(=O)N(Cc2ccc(OC)cc2)C(C(=O)NCCC2=CCCCC2)c2ccccc2)cc1. The topological polar surface area (TPSA) is 105 Å². The van der Waals surface area contributed by atoms with Crippen molar-refractivity contribution in [1.29, 1.82) is 0 Å². The molecule has 1 aliphatic rings. The van der Waals surface area contributed by atoms with Crippen LogP contribution in [0.2, 0.25) is 0 Å². The fourth-order valence-corrected chi connectivity index (χ4v) is 6.48. The molecule has 0 bridgehead atoms. The molecule has 0 spiro atoms. The molecule has 3 aromatic carbocycles. The number of nitrogens with one attached hydrogen (secondary N) is 2. The van der Waals surface area contributed by atoms with Crippen molar-refractivity contribution >= 4 is 21.8 Å². The normalized spacial score (nSPS) is 13.9. The predicted molar refractivity (Wildman–Crippen MR) is 173 cm³/mol. The van der Waals surface area contributed by atoms with Crippen LogP contribution in [0.25, 0.3) is 0 Å². The zero-order chi connectivity index (χ0) is 31.4. The van der Waals surface area contributed by atoms with Crippen LogP contribution in [0.15, 0.2) is 95.4 Å². The molecular formula is C35H43N3O5S. The maximum atomic E-state index is 14.0. The lowest BCUT2D eigenvalue weighted by Crippen LogP contribution is -2.43. The summed E-state index contributed by atoms with van der Waals surface area (Å²) in [5, 5.41) is 3.12. The molecule has 3 aromatic rings. The molecule has 0 aliphatic heterocycles. The minimum absolute atomic E-state index is 0.152. The maximum absolute atomic E-state index is 14.0. The van der Waals surface area contributed by atoms with E-state index in [1.54, 1.807) is 43.2 Å². The Labute approximate surface area is 261 Å². The number of ether oxygens (including phenoxy) is 1. The van der Waals surface area contributed by atoms with Crippen molar-refractivity contribution in [2.24, 2.45) is 0 Å². The molecule has 44 heavy (non-hydrogen) atoms. The average Bonchev–Trinajstić information content (AvgIpc) is 3.05. The molecule has 8 nitrogen and oxygen atoms in total. The summed E-state index contributed by atoms with van der Waals surface area (Å²) in [5.41, 5.74) is 3.82. The fraction of sp³-hybridized carbons (Fsp3) is 0.371. The molecule has 234 valence electrons. The number of rotatable bonds is 15. The highest BCUT2D eigenvalue weighted by Crippen LogP contribution is 2.26. The second kappa shape index (κ2) is 16.2. The van der Waals surface area contributed by atoms with Crippen LogP contribution in [-0.2, 0) is 32.6 Å². The quantitative estimate of drug-likeness (QED) is 0.213. The number of amides is 2. The Kier molecular flexibility index (Phi) is 12.1. The van der Waals surface area contributed by atoms with Crippen LogP contribution in [0.1, 0.15) is 68.2 Å². The third kappa shape index (κ3) is 9.27. The molecule has 9 heteroatoms. The van der Waals surface area contributed by atoms with Gasteiger partial charge in [0.05, 0.1) is 12.0 Å². The van der Waals surface area contributed by atoms with E-state index in [1.807, 2.05) is 54.6 Å². The monoisotopic (exact) mass is 617 g/mol. The molecule has 0 saturated carbocycles. The van der Waals surface area contributed by atoms with E-state index in [2.05, 4.69) is 16.1 Å². The molecule has 0 saturated heterocycles. The van der Waals surface area contributed by atoms with E-state index in [4.69, 9.17) is 4.74 Å². The number of hydrogen-bond donors (Lipinski definition) is 2. The molecule has 2 N–H and O–H groups in total. The highest BCUT2D eigenvalue weighted by molar-refractivity contribution is 7.89. The smallest absolute Gasteiger partial charge is 0.247 e. The Morgan fingerprint density at radius 1 is 0.909 bits per heavy atom. The molecule has 0 radical (unpaired) electrons. The van der Waals surface area contributed by atoms with Crippen molar-refractivity contribution in [3.05, 3.63) is 107 Å². The van der Waals surface area contributed by atoms with Crippen molar-refractivity contribution in [3.63, 3.8) is 0 Å². The number of methoxy groups -OCH3 is 1. The number of sulfonamides is 1. The van der Waals surface area contributed by atoms with Crippen LogP contribution in [0, 0.1) is 0 Å². The van der Waals surface area contributed by atoms with Gasteiger partial charge in [0.2, 0.25) is 21.8 Å². The highest BCUT2D eigenvalue weighted by Gasteiger charge is 2.31. The molecule has 1 aliphatic carbocycles. The van der Waals surface area contributed by atoms with Gasteiger partial charge < -0.3 is 15.0 Å². The van der Waals surface area contributed by atoms with Crippen molar-refractivity contribution in [2.45, 2.75) is 69.4 Å². The van der Waals surface area contributed by atoms with Crippen molar-refractivity contribution < 1.29 is 22.7 Å². The van der Waals surface area contributed by atoms with Crippen molar-refractivity contribution in [2.75, 3.05) is 20.2 Å². The third-order valence-electron chi connectivity index (χ3n) is 7.83. The van der Waals surface area contributed by atoms with E-state index in [0.29, 0.717) is 25.3 Å². The standard InChI is InChI=1S/C35H43N3O5S/c1-3-37-44(41,42)32-21-16-28(17-22-32)18-23-33(39)38(26-29-14-19-31(43-2)20-15-29)34(30-12-8-5-9-13-30)35(40)36-25-24-27-10-6-4-7-11-27/h5,8-10,12-17,19-22,34,37H,3-4,6-7,11,18,23-26H2,1-2H3,(H,36,40). The van der Waals surface area contributed by atoms with E-state index in [0.717, 1.165) is 36.0 Å². The Morgan fingerprint density at radius 3 is 2.25 bits per heavy atom. The third-order valence-corrected chi connectivity index (χ3v) is 9.40. The van der Waals surface area contributed by atoms with Crippen LogP contribution < -0.4 is 14.8 Å². The second-order valence-corrected chi connectivity index (χ2v) is 12.7. The van der Waals surface area contributed by atoms with Crippen LogP contribution >= 0.6 is 0 Å². The molecule has 0 heterocycles. The van der Waals surface area contributed by atoms with E-state index in [1.165, 1.54) is 18.4 Å². The van der Waals surface area contributed by atoms with Gasteiger partial charge in [0, 0.05) is 26.1 Å². The van der Waals surface area contributed by atoms with Gasteiger partial charge in [-0.3, -0.25) is 9.59 Å². The first-order valence-corrected chi connectivity index (χ1v) is 16.8. The molecule has 4 rings (SSSR count). The summed E-state index contributed by atoms with van der Waals surface area (Å²) in [6, 6.07) is 22.6. The van der Waals surface area contributed by atoms with E-state index in [-0.39, 0.29) is 29.7 Å². The summed E-state index contributed by atoms with van der Waals surface area (Å²) in [7, 11) is -1.96. The average molecular weight is 618 g/mol. The molecule has 1 unspecified atom stereocenters. The first-order chi connectivity index (χ1) is 21.3. The minimum atomic E-state index is -3.56. The van der Waals surface area contributed by atoms with Crippen molar-refractivity contribution in [3.8, 4) is 5.75 Å². The number of hydrogen-bond acceptors (Lipinski definition) is 5. The van der Waals surface area contributed by atoms with E-state index in [9.17, 15) is 18.0 Å². The number of benzene rings is 3. The largest absolute Gasteiger partial charge is 0.497 e. The molecule has 2 amide bonds. The minimum Gasteiger partial charge on any atom is -0.497 e. The van der Waals surface area contributed by atoms with Crippen molar-refractivity contribution in [1.82, 2.24) is 14.9 Å². The first kappa shape index (κ1) is 33.0. The molecule has 0 aromatic heterocycles. The van der Waals surface area contributed by atoms with Crippen LogP contribution in [0.4, 0.5) is 0 Å². The number of carbonyl (C=O) groups is 2. The number of allylic oxidation sites excluding steroid dienone is 1. The molecule has 1 atom stereocenters. The summed E-state index contributed by atoms with van der Waals surface area (Å²) in [6.45, 7) is 2.78. The molecule has 0 fully saturated rings. The first-order valence-electron chi connectivity index (χ1n) is 15.3. The van der Waals surface area contributed by atoms with Gasteiger partial charge in [-0.05, 0) is 79.5 Å². The maximum Gasteiger partial charge on any atom is 0.247 e. The highest BCUT2D eigenvalue weighted by atomic mass is 32.2. The Hall–Kier alpha value is -3.95. The van der Waals surface area contributed by atoms with Gasteiger partial charge >= 0.3 is 0 Å². The Morgan fingerprint density at radius 2 is 1.61 bits per heavy atom.